The molecule has 0 aromatic carbocycles. The first-order valence-electron chi connectivity index (χ1n) is 7.67. The van der Waals surface area contributed by atoms with Crippen molar-refractivity contribution in [2.75, 3.05) is 13.6 Å². The van der Waals surface area contributed by atoms with Crippen molar-refractivity contribution in [1.82, 2.24) is 10.2 Å². The van der Waals surface area contributed by atoms with Gasteiger partial charge in [0, 0.05) is 13.6 Å². The second kappa shape index (κ2) is 9.07. The molecule has 1 rings (SSSR count). The van der Waals surface area contributed by atoms with Crippen molar-refractivity contribution in [1.29, 1.82) is 0 Å². The van der Waals surface area contributed by atoms with E-state index >= 15 is 0 Å². The molecule has 0 saturated heterocycles. The highest BCUT2D eigenvalue weighted by atomic mass is 16.6. The Kier molecular flexibility index (Phi) is 7.43. The molecule has 0 bridgehead atoms. The zero-order chi connectivity index (χ0) is 16.5. The minimum absolute atomic E-state index is 0.110. The zero-order valence-corrected chi connectivity index (χ0v) is 13.8. The third-order valence-corrected chi connectivity index (χ3v) is 3.32. The highest BCUT2D eigenvalue weighted by Crippen LogP contribution is 2.15. The van der Waals surface area contributed by atoms with E-state index in [4.69, 9.17) is 4.74 Å². The molecule has 0 fully saturated rings. The number of allylic oxidation sites excluding steroid dienone is 5. The monoisotopic (exact) mass is 306 g/mol. The maximum atomic E-state index is 12.4. The lowest BCUT2D eigenvalue weighted by molar-refractivity contribution is -0.131. The second-order valence-electron chi connectivity index (χ2n) is 5.55. The first-order valence-corrected chi connectivity index (χ1v) is 7.67. The van der Waals surface area contributed by atoms with Crippen LogP contribution in [0.25, 0.3) is 0 Å². The van der Waals surface area contributed by atoms with Gasteiger partial charge in [-0.3, -0.25) is 4.79 Å². The summed E-state index contributed by atoms with van der Waals surface area (Å²) in [5.41, 5.74) is 1.10. The number of amides is 2. The third-order valence-electron chi connectivity index (χ3n) is 3.32. The number of hydrogen-bond acceptors (Lipinski definition) is 3. The summed E-state index contributed by atoms with van der Waals surface area (Å²) < 4.78 is 5.09. The van der Waals surface area contributed by atoms with Gasteiger partial charge >= 0.3 is 6.09 Å². The predicted octanol–water partition coefficient (Wildman–Crippen LogP) is 2.80. The number of likely N-dealkylation sites (N-methyl/N-ethyl adjacent to an activating group) is 1. The first kappa shape index (κ1) is 18.0. The Labute approximate surface area is 132 Å². The molecule has 1 aliphatic rings. The Bertz CT molecular complexity index is 478. The SMILES string of the molecule is CCN(C)C(=O)C(CC1=CC=CC=CC1)NC(=O)OC(C)C. The van der Waals surface area contributed by atoms with Gasteiger partial charge in [0.15, 0.2) is 0 Å². The lowest BCUT2D eigenvalue weighted by atomic mass is 10.0. The molecule has 0 saturated carbocycles. The van der Waals surface area contributed by atoms with Crippen molar-refractivity contribution < 1.29 is 14.3 Å². The van der Waals surface area contributed by atoms with Gasteiger partial charge in [0.05, 0.1) is 6.10 Å². The summed E-state index contributed by atoms with van der Waals surface area (Å²) in [5.74, 6) is -0.110. The maximum absolute atomic E-state index is 12.4. The predicted molar refractivity (Wildman–Crippen MR) is 87.4 cm³/mol. The van der Waals surface area contributed by atoms with Crippen molar-refractivity contribution in [2.45, 2.75) is 45.8 Å². The highest BCUT2D eigenvalue weighted by Gasteiger charge is 2.25. The Morgan fingerprint density at radius 2 is 2.05 bits per heavy atom. The largest absolute Gasteiger partial charge is 0.447 e. The number of rotatable bonds is 6. The topological polar surface area (TPSA) is 58.6 Å². The van der Waals surface area contributed by atoms with Gasteiger partial charge in [0.1, 0.15) is 6.04 Å². The fourth-order valence-corrected chi connectivity index (χ4v) is 2.05. The van der Waals surface area contributed by atoms with Crippen molar-refractivity contribution in [3.05, 3.63) is 36.0 Å². The molecule has 1 N–H and O–H groups in total. The number of carbonyl (C=O) groups excluding carboxylic acids is 2. The molecule has 0 radical (unpaired) electrons. The van der Waals surface area contributed by atoms with Gasteiger partial charge in [0.25, 0.3) is 0 Å². The van der Waals surface area contributed by atoms with Crippen LogP contribution < -0.4 is 5.32 Å². The summed E-state index contributed by atoms with van der Waals surface area (Å²) in [6.07, 6.45) is 10.4. The van der Waals surface area contributed by atoms with E-state index in [-0.39, 0.29) is 12.0 Å². The molecular weight excluding hydrogens is 280 g/mol. The molecule has 22 heavy (non-hydrogen) atoms. The summed E-state index contributed by atoms with van der Waals surface area (Å²) in [4.78, 5) is 25.9. The van der Waals surface area contributed by atoms with Crippen molar-refractivity contribution >= 4 is 12.0 Å². The fraction of sp³-hybridized carbons (Fsp3) is 0.529. The molecule has 1 unspecified atom stereocenters. The zero-order valence-electron chi connectivity index (χ0n) is 13.8. The number of alkyl carbamates (subject to hydrolysis) is 1. The van der Waals surface area contributed by atoms with E-state index in [1.807, 2.05) is 37.3 Å². The molecule has 5 heteroatoms. The quantitative estimate of drug-likeness (QED) is 0.821. The lowest BCUT2D eigenvalue weighted by Crippen LogP contribution is -2.48. The van der Waals surface area contributed by atoms with Gasteiger partial charge in [-0.05, 0) is 33.6 Å². The van der Waals surface area contributed by atoms with Crippen molar-refractivity contribution in [2.24, 2.45) is 0 Å². The summed E-state index contributed by atoms with van der Waals surface area (Å²) in [5, 5.41) is 2.69. The van der Waals surface area contributed by atoms with Crippen LogP contribution in [0.3, 0.4) is 0 Å². The van der Waals surface area contributed by atoms with E-state index in [0.717, 1.165) is 12.0 Å². The van der Waals surface area contributed by atoms with Crippen LogP contribution in [0.1, 0.15) is 33.6 Å². The van der Waals surface area contributed by atoms with Gasteiger partial charge in [-0.2, -0.15) is 0 Å². The van der Waals surface area contributed by atoms with Gasteiger partial charge < -0.3 is 15.0 Å². The van der Waals surface area contributed by atoms with Crippen LogP contribution in [0.15, 0.2) is 36.0 Å². The molecule has 1 atom stereocenters. The van der Waals surface area contributed by atoms with Crippen LogP contribution in [0.2, 0.25) is 0 Å². The van der Waals surface area contributed by atoms with E-state index < -0.39 is 12.1 Å². The van der Waals surface area contributed by atoms with Crippen LogP contribution in [0.4, 0.5) is 4.79 Å². The molecule has 0 aliphatic heterocycles. The van der Waals surface area contributed by atoms with Crippen LogP contribution in [0.5, 0.6) is 0 Å². The van der Waals surface area contributed by atoms with Gasteiger partial charge in [0.2, 0.25) is 5.91 Å². The van der Waals surface area contributed by atoms with Crippen LogP contribution in [-0.2, 0) is 9.53 Å². The summed E-state index contributed by atoms with van der Waals surface area (Å²) in [6, 6.07) is -0.609. The Hall–Kier alpha value is -2.04. The molecule has 0 aromatic rings. The fourth-order valence-electron chi connectivity index (χ4n) is 2.05. The maximum Gasteiger partial charge on any atom is 0.408 e. The smallest absolute Gasteiger partial charge is 0.408 e. The van der Waals surface area contributed by atoms with Crippen LogP contribution in [-0.4, -0.2) is 42.6 Å². The van der Waals surface area contributed by atoms with E-state index in [9.17, 15) is 9.59 Å². The Morgan fingerprint density at radius 3 is 2.68 bits per heavy atom. The van der Waals surface area contributed by atoms with E-state index in [1.54, 1.807) is 25.8 Å². The number of nitrogens with one attached hydrogen (secondary N) is 1. The van der Waals surface area contributed by atoms with E-state index in [0.29, 0.717) is 13.0 Å². The molecule has 5 nitrogen and oxygen atoms in total. The average Bonchev–Trinajstić information content (AvgIpc) is 2.72. The van der Waals surface area contributed by atoms with E-state index in [2.05, 4.69) is 5.32 Å². The molecule has 0 aromatic heterocycles. The lowest BCUT2D eigenvalue weighted by Gasteiger charge is -2.24. The Balaban J connectivity index is 2.79. The number of carbonyl (C=O) groups is 2. The second-order valence-corrected chi connectivity index (χ2v) is 5.55. The molecule has 1 aliphatic carbocycles. The first-order chi connectivity index (χ1) is 10.4. The normalized spacial score (nSPS) is 15.0. The van der Waals surface area contributed by atoms with E-state index in [1.165, 1.54) is 0 Å². The van der Waals surface area contributed by atoms with Crippen molar-refractivity contribution in [3.8, 4) is 0 Å². The average molecular weight is 306 g/mol. The summed E-state index contributed by atoms with van der Waals surface area (Å²) in [7, 11) is 1.73. The molecule has 0 spiro atoms. The minimum atomic E-state index is -0.609. The third kappa shape index (κ3) is 6.16. The minimum Gasteiger partial charge on any atom is -0.447 e. The number of nitrogens with zero attached hydrogens (tertiary/aromatic N) is 1. The molecule has 122 valence electrons. The standard InChI is InChI=1S/C17H26N2O3/c1-5-19(4)16(20)15(18-17(21)22-13(2)3)12-14-10-8-6-7-9-11-14/h6-10,13,15H,5,11-12H2,1-4H3,(H,18,21). The Morgan fingerprint density at radius 1 is 1.32 bits per heavy atom. The van der Waals surface area contributed by atoms with Crippen LogP contribution in [0, 0.1) is 0 Å². The van der Waals surface area contributed by atoms with Gasteiger partial charge in [-0.25, -0.2) is 4.79 Å². The number of ether oxygens (including phenoxy) is 1. The number of hydrogen-bond donors (Lipinski definition) is 1. The summed E-state index contributed by atoms with van der Waals surface area (Å²) in [6.45, 7) is 6.04. The van der Waals surface area contributed by atoms with Crippen LogP contribution >= 0.6 is 0 Å². The van der Waals surface area contributed by atoms with Crippen molar-refractivity contribution in [3.63, 3.8) is 0 Å². The summed E-state index contributed by atoms with van der Waals surface area (Å²) >= 11 is 0. The highest BCUT2D eigenvalue weighted by molar-refractivity contribution is 5.85. The van der Waals surface area contributed by atoms with Gasteiger partial charge in [-0.15, -0.1) is 0 Å². The van der Waals surface area contributed by atoms with Gasteiger partial charge in [-0.1, -0.05) is 36.0 Å². The molecular formula is C17H26N2O3. The molecule has 2 amide bonds. The molecule has 0 heterocycles.